The third kappa shape index (κ3) is 6.06. The third-order valence-corrected chi connectivity index (χ3v) is 3.42. The first-order valence-electron chi connectivity index (χ1n) is 8.95. The Morgan fingerprint density at radius 1 is 1.15 bits per heavy atom. The lowest BCUT2D eigenvalue weighted by Crippen LogP contribution is -2.27. The molecule has 0 spiro atoms. The summed E-state index contributed by atoms with van der Waals surface area (Å²) in [5.74, 6) is 0.685. The van der Waals surface area contributed by atoms with Crippen molar-refractivity contribution in [3.8, 4) is 16.9 Å². The van der Waals surface area contributed by atoms with E-state index in [1.807, 2.05) is 59.0 Å². The maximum absolute atomic E-state index is 11.9. The fourth-order valence-corrected chi connectivity index (χ4v) is 2.38. The first-order chi connectivity index (χ1) is 12.3. The first-order valence-corrected chi connectivity index (χ1v) is 8.95. The van der Waals surface area contributed by atoms with Crippen LogP contribution >= 0.6 is 0 Å². The van der Waals surface area contributed by atoms with Crippen molar-refractivity contribution in [3.05, 3.63) is 42.2 Å². The van der Waals surface area contributed by atoms with E-state index >= 15 is 0 Å². The summed E-state index contributed by atoms with van der Waals surface area (Å²) in [5.41, 5.74) is 3.27. The van der Waals surface area contributed by atoms with E-state index < -0.39 is 11.7 Å². The lowest BCUT2D eigenvalue weighted by atomic mass is 9.99. The van der Waals surface area contributed by atoms with E-state index in [1.165, 1.54) is 0 Å². The molecule has 0 aliphatic rings. The van der Waals surface area contributed by atoms with E-state index in [4.69, 9.17) is 9.47 Å². The number of hydrogen-bond donors (Lipinski definition) is 1. The number of hydrogen-bond acceptors (Lipinski definition) is 4. The molecule has 0 radical (unpaired) electrons. The predicted octanol–water partition coefficient (Wildman–Crippen LogP) is 5.69. The highest BCUT2D eigenvalue weighted by Gasteiger charge is 2.17. The summed E-state index contributed by atoms with van der Waals surface area (Å²) in [6.07, 6.45) is 4.02. The lowest BCUT2D eigenvalue weighted by molar-refractivity contribution is 0.0636. The van der Waals surface area contributed by atoms with Gasteiger partial charge in [0.1, 0.15) is 11.4 Å². The maximum atomic E-state index is 11.9. The second kappa shape index (κ2) is 9.80. The van der Waals surface area contributed by atoms with Crippen molar-refractivity contribution in [2.45, 2.75) is 53.6 Å². The Labute approximate surface area is 156 Å². The average Bonchev–Trinajstić information content (AvgIpc) is 2.61. The van der Waals surface area contributed by atoms with Gasteiger partial charge in [0, 0.05) is 29.7 Å². The zero-order valence-corrected chi connectivity index (χ0v) is 16.8. The monoisotopic (exact) mass is 358 g/mol. The standard InChI is InChI=1S/C19H24N2O3.C2H6/c1-6-13-12-20-10-9-15(13)16-8-7-14(11-17(16)23-5)21-18(22)24-19(2,3)4;1-2/h7-12H,6H2,1-5H3,(H,21,22);1-2H3. The molecule has 0 saturated carbocycles. The average molecular weight is 358 g/mol. The summed E-state index contributed by atoms with van der Waals surface area (Å²) >= 11 is 0. The van der Waals surface area contributed by atoms with Crippen molar-refractivity contribution in [3.63, 3.8) is 0 Å². The quantitative estimate of drug-likeness (QED) is 0.762. The molecule has 26 heavy (non-hydrogen) atoms. The van der Waals surface area contributed by atoms with Crippen molar-refractivity contribution in [1.82, 2.24) is 4.98 Å². The molecule has 0 aliphatic carbocycles. The molecule has 0 unspecified atom stereocenters. The molecule has 1 aromatic carbocycles. The van der Waals surface area contributed by atoms with Gasteiger partial charge in [-0.05, 0) is 56.5 Å². The van der Waals surface area contributed by atoms with Gasteiger partial charge in [0.05, 0.1) is 7.11 Å². The van der Waals surface area contributed by atoms with E-state index in [0.717, 1.165) is 23.1 Å². The molecule has 2 rings (SSSR count). The molecule has 1 heterocycles. The second-order valence-corrected chi connectivity index (χ2v) is 6.43. The van der Waals surface area contributed by atoms with Crippen LogP contribution < -0.4 is 10.1 Å². The van der Waals surface area contributed by atoms with Gasteiger partial charge < -0.3 is 9.47 Å². The molecular formula is C21H30N2O3. The van der Waals surface area contributed by atoms with Crippen LogP contribution in [-0.2, 0) is 11.2 Å². The number of anilines is 1. The van der Waals surface area contributed by atoms with Gasteiger partial charge in [0.25, 0.3) is 0 Å². The second-order valence-electron chi connectivity index (χ2n) is 6.43. The van der Waals surface area contributed by atoms with Gasteiger partial charge in [0.2, 0.25) is 0 Å². The Bertz CT molecular complexity index is 721. The van der Waals surface area contributed by atoms with E-state index in [-0.39, 0.29) is 0 Å². The summed E-state index contributed by atoms with van der Waals surface area (Å²) < 4.78 is 10.8. The van der Waals surface area contributed by atoms with Crippen molar-refractivity contribution >= 4 is 11.8 Å². The van der Waals surface area contributed by atoms with Crippen LogP contribution in [0, 0.1) is 0 Å². The predicted molar refractivity (Wildman–Crippen MR) is 107 cm³/mol. The van der Waals surface area contributed by atoms with Crippen LogP contribution in [0.3, 0.4) is 0 Å². The number of nitrogens with one attached hydrogen (secondary N) is 1. The molecule has 2 aromatic rings. The van der Waals surface area contributed by atoms with Gasteiger partial charge in [0.15, 0.2) is 0 Å². The molecule has 5 heteroatoms. The van der Waals surface area contributed by atoms with Crippen LogP contribution in [-0.4, -0.2) is 23.8 Å². The normalized spacial score (nSPS) is 10.4. The van der Waals surface area contributed by atoms with Crippen LogP contribution in [0.15, 0.2) is 36.7 Å². The Morgan fingerprint density at radius 3 is 2.42 bits per heavy atom. The van der Waals surface area contributed by atoms with E-state index in [9.17, 15) is 4.79 Å². The van der Waals surface area contributed by atoms with Gasteiger partial charge >= 0.3 is 6.09 Å². The van der Waals surface area contributed by atoms with Crippen LogP contribution in [0.2, 0.25) is 0 Å². The Morgan fingerprint density at radius 2 is 1.85 bits per heavy atom. The van der Waals surface area contributed by atoms with Crippen LogP contribution in [0.4, 0.5) is 10.5 Å². The molecule has 1 N–H and O–H groups in total. The fourth-order valence-electron chi connectivity index (χ4n) is 2.38. The summed E-state index contributed by atoms with van der Waals surface area (Å²) in [5, 5.41) is 2.73. The summed E-state index contributed by atoms with van der Waals surface area (Å²) in [4.78, 5) is 16.1. The molecule has 1 amide bonds. The highest BCUT2D eigenvalue weighted by Crippen LogP contribution is 2.34. The van der Waals surface area contributed by atoms with Gasteiger partial charge in [-0.1, -0.05) is 20.8 Å². The Balaban J connectivity index is 0.00000163. The summed E-state index contributed by atoms with van der Waals surface area (Å²) in [6, 6.07) is 7.53. The van der Waals surface area contributed by atoms with Gasteiger partial charge in [-0.2, -0.15) is 0 Å². The zero-order valence-electron chi connectivity index (χ0n) is 16.8. The van der Waals surface area contributed by atoms with Gasteiger partial charge in [-0.3, -0.25) is 10.3 Å². The van der Waals surface area contributed by atoms with E-state index in [2.05, 4.69) is 17.2 Å². The molecule has 1 aromatic heterocycles. The number of aryl methyl sites for hydroxylation is 1. The minimum atomic E-state index is -0.540. The minimum absolute atomic E-state index is 0.490. The molecule has 0 saturated heterocycles. The number of benzene rings is 1. The van der Waals surface area contributed by atoms with Gasteiger partial charge in [-0.25, -0.2) is 4.79 Å². The lowest BCUT2D eigenvalue weighted by Gasteiger charge is -2.20. The number of amides is 1. The molecule has 0 aliphatic heterocycles. The number of methoxy groups -OCH3 is 1. The van der Waals surface area contributed by atoms with Crippen LogP contribution in [0.5, 0.6) is 5.75 Å². The molecular weight excluding hydrogens is 328 g/mol. The zero-order chi connectivity index (χ0) is 19.7. The Hall–Kier alpha value is -2.56. The van der Waals surface area contributed by atoms with Crippen molar-refractivity contribution in [1.29, 1.82) is 0 Å². The highest BCUT2D eigenvalue weighted by atomic mass is 16.6. The van der Waals surface area contributed by atoms with Crippen molar-refractivity contribution in [2.24, 2.45) is 0 Å². The number of aromatic nitrogens is 1. The number of carbonyl (C=O) groups is 1. The maximum Gasteiger partial charge on any atom is 0.412 e. The summed E-state index contributed by atoms with van der Waals surface area (Å²) in [6.45, 7) is 11.6. The van der Waals surface area contributed by atoms with Crippen LogP contribution in [0.25, 0.3) is 11.1 Å². The molecule has 5 nitrogen and oxygen atoms in total. The van der Waals surface area contributed by atoms with Crippen LogP contribution in [0.1, 0.15) is 47.1 Å². The van der Waals surface area contributed by atoms with Gasteiger partial charge in [-0.15, -0.1) is 0 Å². The van der Waals surface area contributed by atoms with Crippen molar-refractivity contribution in [2.75, 3.05) is 12.4 Å². The third-order valence-electron chi connectivity index (χ3n) is 3.42. The number of carbonyl (C=O) groups excluding carboxylic acids is 1. The SMILES string of the molecule is CC.CCc1cnccc1-c1ccc(NC(=O)OC(C)(C)C)cc1OC. The number of ether oxygens (including phenoxy) is 2. The number of nitrogens with zero attached hydrogens (tertiary/aromatic N) is 1. The topological polar surface area (TPSA) is 60.5 Å². The highest BCUT2D eigenvalue weighted by molar-refractivity contribution is 5.86. The fraction of sp³-hybridized carbons (Fsp3) is 0.429. The Kier molecular flexibility index (Phi) is 8.10. The smallest absolute Gasteiger partial charge is 0.412 e. The van der Waals surface area contributed by atoms with E-state index in [1.54, 1.807) is 19.4 Å². The summed E-state index contributed by atoms with van der Waals surface area (Å²) in [7, 11) is 1.61. The largest absolute Gasteiger partial charge is 0.496 e. The molecule has 0 fully saturated rings. The number of rotatable bonds is 4. The molecule has 142 valence electrons. The first kappa shape index (κ1) is 21.5. The van der Waals surface area contributed by atoms with E-state index in [0.29, 0.717) is 11.4 Å². The van der Waals surface area contributed by atoms with Crippen molar-refractivity contribution < 1.29 is 14.3 Å². The number of pyridine rings is 1. The molecule has 0 bridgehead atoms. The minimum Gasteiger partial charge on any atom is -0.496 e. The molecule has 0 atom stereocenters.